The number of nitrogens with zero attached hydrogens (tertiary/aromatic N) is 1. The first-order valence-corrected chi connectivity index (χ1v) is 3.23. The molecule has 0 radical (unpaired) electrons. The SMILES string of the molecule is Cl.OC12CCN(CC1)C2. The first-order chi connectivity index (χ1) is 3.79. The van der Waals surface area contributed by atoms with Crippen molar-refractivity contribution in [1.82, 2.24) is 4.90 Å². The molecule has 0 atom stereocenters. The third-order valence-corrected chi connectivity index (χ3v) is 2.30. The molecule has 0 unspecified atom stereocenters. The van der Waals surface area contributed by atoms with Gasteiger partial charge in [0, 0.05) is 19.6 Å². The highest BCUT2D eigenvalue weighted by atomic mass is 35.5. The van der Waals surface area contributed by atoms with Crippen LogP contribution in [0.3, 0.4) is 0 Å². The molecule has 2 nitrogen and oxygen atoms in total. The van der Waals surface area contributed by atoms with Crippen LogP contribution in [-0.4, -0.2) is 35.2 Å². The number of hydrogen-bond donors (Lipinski definition) is 1. The Labute approximate surface area is 61.3 Å². The second kappa shape index (κ2) is 2.11. The third kappa shape index (κ3) is 1.07. The smallest absolute Gasteiger partial charge is 0.0798 e. The Morgan fingerprint density at radius 1 is 1.22 bits per heavy atom. The van der Waals surface area contributed by atoms with Gasteiger partial charge in [-0.1, -0.05) is 0 Å². The molecule has 0 saturated carbocycles. The van der Waals surface area contributed by atoms with E-state index >= 15 is 0 Å². The van der Waals surface area contributed by atoms with Crippen molar-refractivity contribution < 1.29 is 5.11 Å². The summed E-state index contributed by atoms with van der Waals surface area (Å²) in [5.74, 6) is 0. The molecule has 0 aromatic heterocycles. The summed E-state index contributed by atoms with van der Waals surface area (Å²) in [5.41, 5.74) is -0.264. The van der Waals surface area contributed by atoms with Crippen molar-refractivity contribution in [3.05, 3.63) is 0 Å². The summed E-state index contributed by atoms with van der Waals surface area (Å²) in [4.78, 5) is 2.32. The normalized spacial score (nSPS) is 47.0. The molecular weight excluding hydrogens is 138 g/mol. The van der Waals surface area contributed by atoms with E-state index in [4.69, 9.17) is 0 Å². The van der Waals surface area contributed by atoms with Crippen LogP contribution in [-0.2, 0) is 0 Å². The Kier molecular flexibility index (Phi) is 1.72. The molecule has 0 aliphatic carbocycles. The summed E-state index contributed by atoms with van der Waals surface area (Å²) in [6.07, 6.45) is 2.01. The highest BCUT2D eigenvalue weighted by Gasteiger charge is 2.41. The number of fused-ring (bicyclic) bond motifs is 2. The molecule has 2 rings (SSSR count). The standard InChI is InChI=1S/C6H11NO.ClH/c8-6-1-3-7(5-6)4-2-6;/h8H,1-5H2;1H. The van der Waals surface area contributed by atoms with Gasteiger partial charge in [0.15, 0.2) is 0 Å². The van der Waals surface area contributed by atoms with Crippen molar-refractivity contribution in [2.45, 2.75) is 18.4 Å². The summed E-state index contributed by atoms with van der Waals surface area (Å²) in [6, 6.07) is 0. The minimum Gasteiger partial charge on any atom is -0.388 e. The average molecular weight is 150 g/mol. The first-order valence-electron chi connectivity index (χ1n) is 3.23. The van der Waals surface area contributed by atoms with Crippen LogP contribution in [0.25, 0.3) is 0 Å². The van der Waals surface area contributed by atoms with E-state index in [0.717, 1.165) is 32.5 Å². The van der Waals surface area contributed by atoms with Gasteiger partial charge in [-0.15, -0.1) is 12.4 Å². The zero-order valence-electron chi connectivity index (χ0n) is 5.34. The zero-order valence-corrected chi connectivity index (χ0v) is 6.15. The van der Waals surface area contributed by atoms with Gasteiger partial charge in [0.2, 0.25) is 0 Å². The highest BCUT2D eigenvalue weighted by molar-refractivity contribution is 5.85. The van der Waals surface area contributed by atoms with Gasteiger partial charge < -0.3 is 10.0 Å². The lowest BCUT2D eigenvalue weighted by atomic mass is 10.0. The molecule has 2 heterocycles. The number of piperidine rings is 1. The van der Waals surface area contributed by atoms with E-state index in [-0.39, 0.29) is 18.0 Å². The molecule has 2 aliphatic heterocycles. The van der Waals surface area contributed by atoms with E-state index in [1.54, 1.807) is 0 Å². The molecule has 9 heavy (non-hydrogen) atoms. The maximum Gasteiger partial charge on any atom is 0.0798 e. The summed E-state index contributed by atoms with van der Waals surface area (Å²) in [5, 5.41) is 9.50. The molecule has 54 valence electrons. The molecule has 2 aliphatic rings. The molecule has 2 saturated heterocycles. The van der Waals surface area contributed by atoms with Gasteiger partial charge in [-0.2, -0.15) is 0 Å². The largest absolute Gasteiger partial charge is 0.388 e. The van der Waals surface area contributed by atoms with Crippen LogP contribution >= 0.6 is 12.4 Å². The fourth-order valence-electron chi connectivity index (χ4n) is 1.70. The Balaban J connectivity index is 0.000000405. The summed E-state index contributed by atoms with van der Waals surface area (Å²) < 4.78 is 0. The number of halogens is 1. The van der Waals surface area contributed by atoms with Crippen molar-refractivity contribution in [2.24, 2.45) is 0 Å². The Morgan fingerprint density at radius 2 is 1.78 bits per heavy atom. The fourth-order valence-corrected chi connectivity index (χ4v) is 1.70. The number of rotatable bonds is 0. The van der Waals surface area contributed by atoms with Crippen molar-refractivity contribution in [2.75, 3.05) is 19.6 Å². The van der Waals surface area contributed by atoms with E-state index < -0.39 is 0 Å². The van der Waals surface area contributed by atoms with Gasteiger partial charge >= 0.3 is 0 Å². The molecule has 0 amide bonds. The first kappa shape index (κ1) is 7.32. The minimum atomic E-state index is -0.264. The van der Waals surface area contributed by atoms with Crippen LogP contribution in [0, 0.1) is 0 Å². The van der Waals surface area contributed by atoms with Gasteiger partial charge in [0.1, 0.15) is 0 Å². The number of aliphatic hydroxyl groups is 1. The van der Waals surface area contributed by atoms with Crippen LogP contribution in [0.15, 0.2) is 0 Å². The summed E-state index contributed by atoms with van der Waals surface area (Å²) in [7, 11) is 0. The Hall–Kier alpha value is 0.210. The topological polar surface area (TPSA) is 23.5 Å². The fraction of sp³-hybridized carbons (Fsp3) is 1.00. The van der Waals surface area contributed by atoms with Crippen LogP contribution in [0.2, 0.25) is 0 Å². The molecule has 0 aromatic carbocycles. The summed E-state index contributed by atoms with van der Waals surface area (Å²) in [6.45, 7) is 3.18. The van der Waals surface area contributed by atoms with Crippen molar-refractivity contribution >= 4 is 12.4 Å². The van der Waals surface area contributed by atoms with Crippen LogP contribution in [0.4, 0.5) is 0 Å². The van der Waals surface area contributed by atoms with Crippen LogP contribution in [0.1, 0.15) is 12.8 Å². The third-order valence-electron chi connectivity index (χ3n) is 2.30. The predicted molar refractivity (Wildman–Crippen MR) is 37.9 cm³/mol. The average Bonchev–Trinajstić information content (AvgIpc) is 2.21. The van der Waals surface area contributed by atoms with Crippen molar-refractivity contribution in [1.29, 1.82) is 0 Å². The van der Waals surface area contributed by atoms with Gasteiger partial charge in [-0.05, 0) is 12.8 Å². The van der Waals surface area contributed by atoms with Gasteiger partial charge in [0.05, 0.1) is 5.60 Å². The van der Waals surface area contributed by atoms with Gasteiger partial charge in [-0.25, -0.2) is 0 Å². The van der Waals surface area contributed by atoms with Crippen molar-refractivity contribution in [3.8, 4) is 0 Å². The minimum absolute atomic E-state index is 0. The molecule has 2 fully saturated rings. The molecule has 2 bridgehead atoms. The molecule has 0 aromatic rings. The predicted octanol–water partition coefficient (Wildman–Crippen LogP) is 0.249. The molecule has 0 spiro atoms. The van der Waals surface area contributed by atoms with E-state index in [1.807, 2.05) is 0 Å². The van der Waals surface area contributed by atoms with Gasteiger partial charge in [0.25, 0.3) is 0 Å². The zero-order chi connectivity index (χ0) is 5.61. The Bertz CT molecular complexity index is 110. The van der Waals surface area contributed by atoms with E-state index in [9.17, 15) is 5.11 Å². The quantitative estimate of drug-likeness (QED) is 0.534. The maximum absolute atomic E-state index is 9.50. The van der Waals surface area contributed by atoms with Gasteiger partial charge in [-0.3, -0.25) is 0 Å². The molecule has 1 N–H and O–H groups in total. The highest BCUT2D eigenvalue weighted by Crippen LogP contribution is 2.31. The lowest BCUT2D eigenvalue weighted by Gasteiger charge is -2.16. The second-order valence-electron chi connectivity index (χ2n) is 3.00. The second-order valence-corrected chi connectivity index (χ2v) is 3.00. The van der Waals surface area contributed by atoms with E-state index in [2.05, 4.69) is 4.90 Å². The van der Waals surface area contributed by atoms with E-state index in [1.165, 1.54) is 0 Å². The summed E-state index contributed by atoms with van der Waals surface area (Å²) >= 11 is 0. The lowest BCUT2D eigenvalue weighted by molar-refractivity contribution is 0.0684. The maximum atomic E-state index is 9.50. The lowest BCUT2D eigenvalue weighted by Crippen LogP contribution is -2.25. The van der Waals surface area contributed by atoms with Crippen molar-refractivity contribution in [3.63, 3.8) is 0 Å². The molecule has 3 heteroatoms. The Morgan fingerprint density at radius 3 is 1.89 bits per heavy atom. The van der Waals surface area contributed by atoms with Crippen LogP contribution < -0.4 is 0 Å². The molecular formula is C6H12ClNO. The van der Waals surface area contributed by atoms with Crippen LogP contribution in [0.5, 0.6) is 0 Å². The number of hydrogen-bond acceptors (Lipinski definition) is 2. The monoisotopic (exact) mass is 149 g/mol. The van der Waals surface area contributed by atoms with E-state index in [0.29, 0.717) is 0 Å².